The van der Waals surface area contributed by atoms with Crippen LogP contribution in [0.4, 0.5) is 0 Å². The summed E-state index contributed by atoms with van der Waals surface area (Å²) in [5, 5.41) is 10.8. The minimum atomic E-state index is -1.64. The summed E-state index contributed by atoms with van der Waals surface area (Å²) >= 11 is 0. The van der Waals surface area contributed by atoms with Crippen molar-refractivity contribution < 1.29 is 33.7 Å². The first-order valence-electron chi connectivity index (χ1n) is 8.40. The molecule has 0 saturated heterocycles. The SMILES string of the molecule is CCOc1ccc([C@H]2[C@H](C(=O)OC)C(=O)C[C@@](C)(O)[C@@H]2C(=O)OC)cc1. The standard InChI is InChI=1S/C19H24O7/c1-5-26-12-8-6-11(7-9-12)14-15(17(21)24-3)13(20)10-19(2,23)16(14)18(22)25-4/h6-9,14-16,23H,5,10H2,1-4H3/t14-,15+,16-,19+/m0/s1. The molecule has 0 amide bonds. The molecule has 0 spiro atoms. The van der Waals surface area contributed by atoms with Crippen LogP contribution in [0.25, 0.3) is 0 Å². The van der Waals surface area contributed by atoms with Gasteiger partial charge in [0, 0.05) is 12.3 Å². The van der Waals surface area contributed by atoms with E-state index in [9.17, 15) is 19.5 Å². The van der Waals surface area contributed by atoms with Crippen molar-refractivity contribution in [3.05, 3.63) is 29.8 Å². The highest BCUT2D eigenvalue weighted by Gasteiger charge is 2.56. The molecular weight excluding hydrogens is 340 g/mol. The third kappa shape index (κ3) is 3.72. The average Bonchev–Trinajstić information content (AvgIpc) is 2.60. The molecule has 1 fully saturated rings. The fraction of sp³-hybridized carbons (Fsp3) is 0.526. The minimum Gasteiger partial charge on any atom is -0.494 e. The average molecular weight is 364 g/mol. The molecule has 1 aliphatic carbocycles. The smallest absolute Gasteiger partial charge is 0.316 e. The van der Waals surface area contributed by atoms with Gasteiger partial charge in [-0.2, -0.15) is 0 Å². The maximum Gasteiger partial charge on any atom is 0.316 e. The van der Waals surface area contributed by atoms with Gasteiger partial charge in [0.25, 0.3) is 0 Å². The van der Waals surface area contributed by atoms with Gasteiger partial charge >= 0.3 is 11.9 Å². The maximum atomic E-state index is 12.6. The van der Waals surface area contributed by atoms with E-state index < -0.39 is 41.1 Å². The van der Waals surface area contributed by atoms with Crippen molar-refractivity contribution in [1.82, 2.24) is 0 Å². The number of ether oxygens (including phenoxy) is 3. The van der Waals surface area contributed by atoms with Crippen molar-refractivity contribution >= 4 is 17.7 Å². The normalized spacial score (nSPS) is 28.3. The number of esters is 2. The molecule has 1 N–H and O–H groups in total. The lowest BCUT2D eigenvalue weighted by Crippen LogP contribution is -2.55. The van der Waals surface area contributed by atoms with Gasteiger partial charge < -0.3 is 19.3 Å². The van der Waals surface area contributed by atoms with E-state index in [0.717, 1.165) is 0 Å². The summed E-state index contributed by atoms with van der Waals surface area (Å²) in [5.74, 6) is -4.46. The second kappa shape index (κ2) is 7.86. The van der Waals surface area contributed by atoms with E-state index in [1.54, 1.807) is 24.3 Å². The molecule has 142 valence electrons. The van der Waals surface area contributed by atoms with Gasteiger partial charge in [-0.3, -0.25) is 14.4 Å². The number of benzene rings is 1. The summed E-state index contributed by atoms with van der Waals surface area (Å²) in [7, 11) is 2.39. The van der Waals surface area contributed by atoms with E-state index in [0.29, 0.717) is 17.9 Å². The van der Waals surface area contributed by atoms with Crippen LogP contribution < -0.4 is 4.74 Å². The minimum absolute atomic E-state index is 0.333. The highest BCUT2D eigenvalue weighted by molar-refractivity contribution is 6.02. The highest BCUT2D eigenvalue weighted by Crippen LogP contribution is 2.46. The zero-order chi connectivity index (χ0) is 19.5. The van der Waals surface area contributed by atoms with Crippen molar-refractivity contribution in [2.24, 2.45) is 11.8 Å². The Hall–Kier alpha value is -2.41. The number of Topliss-reactive ketones (excluding diaryl/α,β-unsaturated/α-hetero) is 1. The number of ketones is 1. The van der Waals surface area contributed by atoms with E-state index in [1.807, 2.05) is 6.92 Å². The van der Waals surface area contributed by atoms with Crippen LogP contribution in [0.2, 0.25) is 0 Å². The lowest BCUT2D eigenvalue weighted by Gasteiger charge is -2.43. The number of hydrogen-bond donors (Lipinski definition) is 1. The Morgan fingerprint density at radius 1 is 1.15 bits per heavy atom. The van der Waals surface area contributed by atoms with E-state index >= 15 is 0 Å². The summed E-state index contributed by atoms with van der Waals surface area (Å²) in [6.07, 6.45) is -0.333. The molecule has 7 nitrogen and oxygen atoms in total. The second-order valence-corrected chi connectivity index (χ2v) is 6.53. The molecule has 0 radical (unpaired) electrons. The van der Waals surface area contributed by atoms with Gasteiger partial charge in [0.05, 0.1) is 32.3 Å². The largest absolute Gasteiger partial charge is 0.494 e. The monoisotopic (exact) mass is 364 g/mol. The Kier molecular flexibility index (Phi) is 6.02. The van der Waals surface area contributed by atoms with Gasteiger partial charge in [-0.1, -0.05) is 12.1 Å². The molecule has 2 rings (SSSR count). The molecule has 0 heterocycles. The summed E-state index contributed by atoms with van der Waals surface area (Å²) in [4.78, 5) is 37.3. The van der Waals surface area contributed by atoms with E-state index in [1.165, 1.54) is 21.1 Å². The molecule has 0 aliphatic heterocycles. The summed E-state index contributed by atoms with van der Waals surface area (Å²) in [5.41, 5.74) is -1.09. The van der Waals surface area contributed by atoms with E-state index in [-0.39, 0.29) is 6.42 Å². The first-order valence-corrected chi connectivity index (χ1v) is 8.40. The molecule has 26 heavy (non-hydrogen) atoms. The Morgan fingerprint density at radius 2 is 1.73 bits per heavy atom. The van der Waals surface area contributed by atoms with Crippen LogP contribution in [0, 0.1) is 11.8 Å². The van der Waals surface area contributed by atoms with E-state index in [4.69, 9.17) is 14.2 Å². The van der Waals surface area contributed by atoms with Crippen LogP contribution in [0.1, 0.15) is 31.7 Å². The predicted molar refractivity (Wildman–Crippen MR) is 91.6 cm³/mol. The lowest BCUT2D eigenvalue weighted by atomic mass is 9.62. The van der Waals surface area contributed by atoms with Crippen molar-refractivity contribution in [3.63, 3.8) is 0 Å². The van der Waals surface area contributed by atoms with Gasteiger partial charge in [0.15, 0.2) is 5.78 Å². The van der Waals surface area contributed by atoms with Crippen molar-refractivity contribution in [3.8, 4) is 5.75 Å². The Balaban J connectivity index is 2.57. The molecule has 1 aromatic rings. The van der Waals surface area contributed by atoms with Gasteiger partial charge in [0.1, 0.15) is 11.7 Å². The molecule has 0 aromatic heterocycles. The number of hydrogen-bond acceptors (Lipinski definition) is 7. The quantitative estimate of drug-likeness (QED) is 0.624. The van der Waals surface area contributed by atoms with Gasteiger partial charge in [-0.05, 0) is 31.5 Å². The Bertz CT molecular complexity index is 678. The first-order chi connectivity index (χ1) is 12.3. The number of carbonyl (C=O) groups is 3. The molecular formula is C19H24O7. The summed E-state index contributed by atoms with van der Waals surface area (Å²) in [6.45, 7) is 3.75. The molecule has 4 atom stereocenters. The van der Waals surface area contributed by atoms with Crippen LogP contribution >= 0.6 is 0 Å². The fourth-order valence-corrected chi connectivity index (χ4v) is 3.62. The number of rotatable bonds is 5. The van der Waals surface area contributed by atoms with Crippen LogP contribution in [0.3, 0.4) is 0 Å². The van der Waals surface area contributed by atoms with E-state index in [2.05, 4.69) is 0 Å². The molecule has 7 heteroatoms. The Morgan fingerprint density at radius 3 is 2.23 bits per heavy atom. The van der Waals surface area contributed by atoms with Crippen LogP contribution in [-0.2, 0) is 23.9 Å². The summed E-state index contributed by atoms with van der Waals surface area (Å²) < 4.78 is 15.0. The summed E-state index contributed by atoms with van der Waals surface area (Å²) in [6, 6.07) is 6.73. The third-order valence-electron chi connectivity index (χ3n) is 4.75. The van der Waals surface area contributed by atoms with Gasteiger partial charge in [-0.25, -0.2) is 0 Å². The van der Waals surface area contributed by atoms with Crippen LogP contribution in [0.5, 0.6) is 5.75 Å². The lowest BCUT2D eigenvalue weighted by molar-refractivity contribution is -0.170. The first kappa shape index (κ1) is 19.9. The second-order valence-electron chi connectivity index (χ2n) is 6.53. The Labute approximate surface area is 152 Å². The van der Waals surface area contributed by atoms with Gasteiger partial charge in [-0.15, -0.1) is 0 Å². The zero-order valence-electron chi connectivity index (χ0n) is 15.4. The molecule has 1 aromatic carbocycles. The number of carbonyl (C=O) groups excluding carboxylic acids is 3. The maximum absolute atomic E-state index is 12.6. The number of methoxy groups -OCH3 is 2. The van der Waals surface area contributed by atoms with Crippen molar-refractivity contribution in [2.45, 2.75) is 31.8 Å². The molecule has 1 aliphatic rings. The highest BCUT2D eigenvalue weighted by atomic mass is 16.5. The topological polar surface area (TPSA) is 99.1 Å². The van der Waals surface area contributed by atoms with Crippen molar-refractivity contribution in [1.29, 1.82) is 0 Å². The zero-order valence-corrected chi connectivity index (χ0v) is 15.4. The molecule has 0 unspecified atom stereocenters. The fourth-order valence-electron chi connectivity index (χ4n) is 3.62. The number of aliphatic hydroxyl groups is 1. The molecule has 0 bridgehead atoms. The van der Waals surface area contributed by atoms with Crippen molar-refractivity contribution in [2.75, 3.05) is 20.8 Å². The van der Waals surface area contributed by atoms with Crippen LogP contribution in [-0.4, -0.2) is 49.3 Å². The third-order valence-corrected chi connectivity index (χ3v) is 4.75. The molecule has 1 saturated carbocycles. The predicted octanol–water partition coefficient (Wildman–Crippen LogP) is 1.47. The van der Waals surface area contributed by atoms with Crippen LogP contribution in [0.15, 0.2) is 24.3 Å². The van der Waals surface area contributed by atoms with Gasteiger partial charge in [0.2, 0.25) is 0 Å².